The predicted octanol–water partition coefficient (Wildman–Crippen LogP) is 1.21. The van der Waals surface area contributed by atoms with Crippen molar-refractivity contribution in [1.29, 1.82) is 0 Å². The summed E-state index contributed by atoms with van der Waals surface area (Å²) in [6.45, 7) is 3.52. The van der Waals surface area contributed by atoms with Crippen LogP contribution in [-0.2, 0) is 14.3 Å². The van der Waals surface area contributed by atoms with E-state index in [1.54, 1.807) is 14.0 Å². The molecule has 1 aliphatic rings. The van der Waals surface area contributed by atoms with Crippen molar-refractivity contribution >= 4 is 5.91 Å². The van der Waals surface area contributed by atoms with E-state index in [-0.39, 0.29) is 11.4 Å². The fourth-order valence-electron chi connectivity index (χ4n) is 2.34. The maximum atomic E-state index is 11.8. The van der Waals surface area contributed by atoms with Gasteiger partial charge in [-0.05, 0) is 26.2 Å². The second-order valence-corrected chi connectivity index (χ2v) is 5.51. The molecule has 0 saturated heterocycles. The zero-order valence-electron chi connectivity index (χ0n) is 12.2. The van der Waals surface area contributed by atoms with Gasteiger partial charge in [-0.1, -0.05) is 19.3 Å². The van der Waals surface area contributed by atoms with E-state index in [0.717, 1.165) is 32.1 Å². The van der Waals surface area contributed by atoms with Gasteiger partial charge in [0.2, 0.25) is 5.91 Å². The Kier molecular flexibility index (Phi) is 7.34. The Labute approximate surface area is 116 Å². The molecular formula is C14H28N2O3. The summed E-state index contributed by atoms with van der Waals surface area (Å²) in [6, 6.07) is 0. The second-order valence-electron chi connectivity index (χ2n) is 5.51. The summed E-state index contributed by atoms with van der Waals surface area (Å²) in [5, 5.41) is 2.83. The highest BCUT2D eigenvalue weighted by Gasteiger charge is 2.29. The lowest BCUT2D eigenvalue weighted by Crippen LogP contribution is -2.48. The van der Waals surface area contributed by atoms with Crippen molar-refractivity contribution in [2.75, 3.05) is 26.9 Å². The average molecular weight is 272 g/mol. The van der Waals surface area contributed by atoms with Crippen molar-refractivity contribution < 1.29 is 14.3 Å². The van der Waals surface area contributed by atoms with Crippen LogP contribution in [0.1, 0.15) is 45.4 Å². The Balaban J connectivity index is 2.18. The first-order valence-corrected chi connectivity index (χ1v) is 7.24. The fourth-order valence-corrected chi connectivity index (χ4v) is 2.34. The number of carbonyl (C=O) groups excluding carboxylic acids is 1. The monoisotopic (exact) mass is 272 g/mol. The van der Waals surface area contributed by atoms with E-state index in [1.807, 2.05) is 0 Å². The standard InChI is InChI=1S/C14H28N2O3/c1-12(13(17)16-9-6-10-18-2)19-11-14(15)7-4-3-5-8-14/h12H,3-11,15H2,1-2H3,(H,16,17). The Morgan fingerprint density at radius 1 is 1.37 bits per heavy atom. The minimum atomic E-state index is -0.440. The van der Waals surface area contributed by atoms with Gasteiger partial charge in [-0.3, -0.25) is 4.79 Å². The third-order valence-corrected chi connectivity index (χ3v) is 3.66. The van der Waals surface area contributed by atoms with Gasteiger partial charge in [0, 0.05) is 25.8 Å². The smallest absolute Gasteiger partial charge is 0.248 e. The van der Waals surface area contributed by atoms with Crippen molar-refractivity contribution in [3.8, 4) is 0 Å². The summed E-state index contributed by atoms with van der Waals surface area (Å²) in [4.78, 5) is 11.8. The molecule has 5 heteroatoms. The van der Waals surface area contributed by atoms with Gasteiger partial charge >= 0.3 is 0 Å². The topological polar surface area (TPSA) is 73.6 Å². The molecule has 0 radical (unpaired) electrons. The number of hydrogen-bond donors (Lipinski definition) is 2. The quantitative estimate of drug-likeness (QED) is 0.651. The molecule has 1 amide bonds. The molecule has 0 spiro atoms. The molecule has 0 aliphatic heterocycles. The summed E-state index contributed by atoms with van der Waals surface area (Å²) in [7, 11) is 1.65. The molecule has 1 fully saturated rings. The van der Waals surface area contributed by atoms with Gasteiger partial charge in [0.15, 0.2) is 0 Å². The van der Waals surface area contributed by atoms with Crippen molar-refractivity contribution in [1.82, 2.24) is 5.32 Å². The number of carbonyl (C=O) groups is 1. The van der Waals surface area contributed by atoms with Gasteiger partial charge in [-0.15, -0.1) is 0 Å². The van der Waals surface area contributed by atoms with Crippen LogP contribution in [0.4, 0.5) is 0 Å². The van der Waals surface area contributed by atoms with Crippen molar-refractivity contribution in [2.24, 2.45) is 5.73 Å². The van der Waals surface area contributed by atoms with Crippen LogP contribution in [0.25, 0.3) is 0 Å². The van der Waals surface area contributed by atoms with Crippen LogP contribution >= 0.6 is 0 Å². The summed E-state index contributed by atoms with van der Waals surface area (Å²) < 4.78 is 10.6. The number of nitrogens with two attached hydrogens (primary N) is 1. The summed E-state index contributed by atoms with van der Waals surface area (Å²) in [5.74, 6) is -0.0736. The van der Waals surface area contributed by atoms with Crippen LogP contribution < -0.4 is 11.1 Å². The molecule has 1 saturated carbocycles. The lowest BCUT2D eigenvalue weighted by atomic mass is 9.83. The van der Waals surface area contributed by atoms with Crippen molar-refractivity contribution in [2.45, 2.75) is 57.1 Å². The van der Waals surface area contributed by atoms with Crippen LogP contribution in [0, 0.1) is 0 Å². The molecule has 112 valence electrons. The van der Waals surface area contributed by atoms with Crippen molar-refractivity contribution in [3.05, 3.63) is 0 Å². The number of ether oxygens (including phenoxy) is 2. The lowest BCUT2D eigenvalue weighted by Gasteiger charge is -2.33. The Hall–Kier alpha value is -0.650. The molecule has 19 heavy (non-hydrogen) atoms. The number of hydrogen-bond acceptors (Lipinski definition) is 4. The van der Waals surface area contributed by atoms with Crippen LogP contribution in [0.15, 0.2) is 0 Å². The number of amides is 1. The Bertz CT molecular complexity index is 265. The third-order valence-electron chi connectivity index (χ3n) is 3.66. The SMILES string of the molecule is COCCCNC(=O)C(C)OCC1(N)CCCCC1. The first-order chi connectivity index (χ1) is 9.07. The molecule has 1 unspecified atom stereocenters. The van der Waals surface area contributed by atoms with E-state index in [9.17, 15) is 4.79 Å². The lowest BCUT2D eigenvalue weighted by molar-refractivity contribution is -0.133. The molecule has 0 aromatic carbocycles. The van der Waals surface area contributed by atoms with E-state index < -0.39 is 6.10 Å². The van der Waals surface area contributed by atoms with E-state index >= 15 is 0 Å². The zero-order chi connectivity index (χ0) is 14.1. The van der Waals surface area contributed by atoms with E-state index in [2.05, 4.69) is 5.32 Å². The molecular weight excluding hydrogens is 244 g/mol. The molecule has 5 nitrogen and oxygen atoms in total. The molecule has 0 heterocycles. The summed E-state index contributed by atoms with van der Waals surface area (Å²) in [6.07, 6.45) is 5.95. The average Bonchev–Trinajstić information content (AvgIpc) is 2.41. The first-order valence-electron chi connectivity index (χ1n) is 7.24. The van der Waals surface area contributed by atoms with Crippen LogP contribution in [0.2, 0.25) is 0 Å². The van der Waals surface area contributed by atoms with Crippen LogP contribution in [0.5, 0.6) is 0 Å². The van der Waals surface area contributed by atoms with Gasteiger partial charge in [0.25, 0.3) is 0 Å². The van der Waals surface area contributed by atoms with E-state index in [1.165, 1.54) is 6.42 Å². The van der Waals surface area contributed by atoms with E-state index in [4.69, 9.17) is 15.2 Å². The first kappa shape index (κ1) is 16.4. The Morgan fingerprint density at radius 2 is 2.05 bits per heavy atom. The fraction of sp³-hybridized carbons (Fsp3) is 0.929. The number of nitrogens with one attached hydrogen (secondary N) is 1. The normalized spacial score (nSPS) is 19.9. The van der Waals surface area contributed by atoms with Crippen molar-refractivity contribution in [3.63, 3.8) is 0 Å². The van der Waals surface area contributed by atoms with Gasteiger partial charge in [-0.2, -0.15) is 0 Å². The van der Waals surface area contributed by atoms with Crippen LogP contribution in [0.3, 0.4) is 0 Å². The van der Waals surface area contributed by atoms with Gasteiger partial charge in [-0.25, -0.2) is 0 Å². The van der Waals surface area contributed by atoms with Gasteiger partial charge < -0.3 is 20.5 Å². The predicted molar refractivity (Wildman–Crippen MR) is 74.9 cm³/mol. The van der Waals surface area contributed by atoms with Crippen LogP contribution in [-0.4, -0.2) is 44.4 Å². The molecule has 0 aromatic rings. The minimum absolute atomic E-state index is 0.0736. The minimum Gasteiger partial charge on any atom is -0.385 e. The molecule has 1 atom stereocenters. The summed E-state index contributed by atoms with van der Waals surface area (Å²) in [5.41, 5.74) is 6.04. The number of rotatable bonds is 8. The highest BCUT2D eigenvalue weighted by molar-refractivity contribution is 5.80. The highest BCUT2D eigenvalue weighted by atomic mass is 16.5. The molecule has 1 rings (SSSR count). The van der Waals surface area contributed by atoms with Gasteiger partial charge in [0.05, 0.1) is 6.61 Å². The highest BCUT2D eigenvalue weighted by Crippen LogP contribution is 2.26. The largest absolute Gasteiger partial charge is 0.385 e. The summed E-state index contributed by atoms with van der Waals surface area (Å²) >= 11 is 0. The maximum absolute atomic E-state index is 11.8. The van der Waals surface area contributed by atoms with E-state index in [0.29, 0.717) is 19.8 Å². The molecule has 0 bridgehead atoms. The molecule has 0 aromatic heterocycles. The zero-order valence-corrected chi connectivity index (χ0v) is 12.2. The Morgan fingerprint density at radius 3 is 2.68 bits per heavy atom. The molecule has 3 N–H and O–H groups in total. The molecule has 1 aliphatic carbocycles. The van der Waals surface area contributed by atoms with Gasteiger partial charge in [0.1, 0.15) is 6.10 Å². The third kappa shape index (κ3) is 6.36. The maximum Gasteiger partial charge on any atom is 0.248 e. The second kappa shape index (κ2) is 8.51. The number of methoxy groups -OCH3 is 1.